The molecule has 1 aliphatic rings. The largest absolute Gasteiger partial charge is 0.320 e. The molecule has 1 aromatic heterocycles. The van der Waals surface area contributed by atoms with Crippen LogP contribution in [0.25, 0.3) is 0 Å². The molecular formula is C23H25N3OS2. The van der Waals surface area contributed by atoms with E-state index in [-0.39, 0.29) is 5.91 Å². The maximum atomic E-state index is 12.8. The molecule has 0 unspecified atom stereocenters. The van der Waals surface area contributed by atoms with E-state index in [1.807, 2.05) is 42.3 Å². The second-order valence-corrected chi connectivity index (χ2v) is 9.45. The molecule has 1 saturated heterocycles. The van der Waals surface area contributed by atoms with Crippen LogP contribution in [0.1, 0.15) is 32.2 Å². The lowest BCUT2D eigenvalue weighted by molar-refractivity contribution is 0.102. The first-order chi connectivity index (χ1) is 14.2. The molecule has 0 saturated carbocycles. The highest BCUT2D eigenvalue weighted by atomic mass is 32.2. The number of aromatic nitrogens is 1. The minimum atomic E-state index is -0.143. The lowest BCUT2D eigenvalue weighted by Crippen LogP contribution is -2.32. The Morgan fingerprint density at radius 1 is 1.10 bits per heavy atom. The summed E-state index contributed by atoms with van der Waals surface area (Å²) in [7, 11) is 0. The van der Waals surface area contributed by atoms with Crippen molar-refractivity contribution in [2.45, 2.75) is 19.9 Å². The van der Waals surface area contributed by atoms with Crippen molar-refractivity contribution in [1.82, 2.24) is 9.88 Å². The fourth-order valence-corrected chi connectivity index (χ4v) is 5.16. The summed E-state index contributed by atoms with van der Waals surface area (Å²) in [6, 6.07) is 16.6. The smallest absolute Gasteiger partial charge is 0.275 e. The number of thiazole rings is 1. The number of rotatable bonds is 6. The molecule has 2 heterocycles. The van der Waals surface area contributed by atoms with E-state index in [0.29, 0.717) is 5.69 Å². The summed E-state index contributed by atoms with van der Waals surface area (Å²) in [5.41, 5.74) is 4.86. The van der Waals surface area contributed by atoms with Crippen LogP contribution < -0.4 is 5.32 Å². The Kier molecular flexibility index (Phi) is 6.64. The van der Waals surface area contributed by atoms with Gasteiger partial charge in [-0.15, -0.1) is 11.3 Å². The zero-order valence-electron chi connectivity index (χ0n) is 16.6. The van der Waals surface area contributed by atoms with Gasteiger partial charge in [-0.2, -0.15) is 11.8 Å². The molecule has 0 radical (unpaired) electrons. The van der Waals surface area contributed by atoms with Crippen molar-refractivity contribution >= 4 is 34.7 Å². The number of hydrogen-bond donors (Lipinski definition) is 1. The third kappa shape index (κ3) is 5.47. The highest BCUT2D eigenvalue weighted by molar-refractivity contribution is 7.99. The lowest BCUT2D eigenvalue weighted by atomic mass is 10.1. The first kappa shape index (κ1) is 20.1. The highest BCUT2D eigenvalue weighted by Crippen LogP contribution is 2.21. The number of benzene rings is 2. The van der Waals surface area contributed by atoms with E-state index in [9.17, 15) is 4.79 Å². The topological polar surface area (TPSA) is 45.2 Å². The van der Waals surface area contributed by atoms with Crippen LogP contribution in [0.5, 0.6) is 0 Å². The number of carbonyl (C=O) groups is 1. The quantitative estimate of drug-likeness (QED) is 0.616. The second kappa shape index (κ2) is 9.57. The SMILES string of the molecule is Cc1ccc(CN2CCSCC2)cc1NC(=O)c1csc(Cc2ccccc2)n1. The minimum Gasteiger partial charge on any atom is -0.320 e. The van der Waals surface area contributed by atoms with Crippen LogP contribution >= 0.6 is 23.1 Å². The summed E-state index contributed by atoms with van der Waals surface area (Å²) in [6.07, 6.45) is 0.751. The summed E-state index contributed by atoms with van der Waals surface area (Å²) in [4.78, 5) is 19.8. The van der Waals surface area contributed by atoms with Gasteiger partial charge >= 0.3 is 0 Å². The fraction of sp³-hybridized carbons (Fsp3) is 0.304. The lowest BCUT2D eigenvalue weighted by Gasteiger charge is -2.26. The molecule has 29 heavy (non-hydrogen) atoms. The number of amides is 1. The molecule has 0 atom stereocenters. The molecular weight excluding hydrogens is 398 g/mol. The first-order valence-corrected chi connectivity index (χ1v) is 11.9. The van der Waals surface area contributed by atoms with Crippen molar-refractivity contribution in [3.63, 3.8) is 0 Å². The monoisotopic (exact) mass is 423 g/mol. The van der Waals surface area contributed by atoms with Crippen molar-refractivity contribution < 1.29 is 4.79 Å². The molecule has 0 aliphatic carbocycles. The van der Waals surface area contributed by atoms with Crippen LogP contribution in [-0.4, -0.2) is 40.4 Å². The zero-order chi connectivity index (χ0) is 20.1. The molecule has 4 rings (SSSR count). The van der Waals surface area contributed by atoms with Gasteiger partial charge in [-0.05, 0) is 29.7 Å². The average Bonchev–Trinajstić information content (AvgIpc) is 3.21. The predicted molar refractivity (Wildman–Crippen MR) is 123 cm³/mol. The molecule has 1 amide bonds. The Hall–Kier alpha value is -2.15. The number of nitrogens with one attached hydrogen (secondary N) is 1. The van der Waals surface area contributed by atoms with Gasteiger partial charge in [0.2, 0.25) is 0 Å². The maximum absolute atomic E-state index is 12.8. The van der Waals surface area contributed by atoms with Crippen molar-refractivity contribution in [2.75, 3.05) is 29.9 Å². The third-order valence-electron chi connectivity index (χ3n) is 5.04. The standard InChI is InChI=1S/C23H25N3OS2/c1-17-7-8-19(15-26-9-11-28-12-10-26)13-20(17)25-23(27)21-16-29-22(24-21)14-18-5-3-2-4-6-18/h2-8,13,16H,9-12,14-15H2,1H3,(H,25,27). The molecule has 0 spiro atoms. The summed E-state index contributed by atoms with van der Waals surface area (Å²) < 4.78 is 0. The van der Waals surface area contributed by atoms with E-state index in [2.05, 4.69) is 45.5 Å². The van der Waals surface area contributed by atoms with E-state index in [4.69, 9.17) is 0 Å². The van der Waals surface area contributed by atoms with Crippen molar-refractivity contribution in [3.8, 4) is 0 Å². The number of anilines is 1. The van der Waals surface area contributed by atoms with Crippen LogP contribution in [-0.2, 0) is 13.0 Å². The number of carbonyl (C=O) groups excluding carboxylic acids is 1. The van der Waals surface area contributed by atoms with E-state index in [1.165, 1.54) is 34.0 Å². The van der Waals surface area contributed by atoms with Crippen LogP contribution in [0.2, 0.25) is 0 Å². The van der Waals surface area contributed by atoms with Gasteiger partial charge in [0.15, 0.2) is 0 Å². The molecule has 0 bridgehead atoms. The van der Waals surface area contributed by atoms with Crippen molar-refractivity contribution in [2.24, 2.45) is 0 Å². The number of thioether (sulfide) groups is 1. The summed E-state index contributed by atoms with van der Waals surface area (Å²) in [5, 5.41) is 5.86. The first-order valence-electron chi connectivity index (χ1n) is 9.87. The van der Waals surface area contributed by atoms with E-state index in [0.717, 1.165) is 42.3 Å². The summed E-state index contributed by atoms with van der Waals surface area (Å²) in [6.45, 7) is 5.22. The van der Waals surface area contributed by atoms with E-state index < -0.39 is 0 Å². The number of nitrogens with zero attached hydrogens (tertiary/aromatic N) is 2. The average molecular weight is 424 g/mol. The highest BCUT2D eigenvalue weighted by Gasteiger charge is 2.15. The second-order valence-electron chi connectivity index (χ2n) is 7.28. The summed E-state index contributed by atoms with van der Waals surface area (Å²) in [5.74, 6) is 2.25. The van der Waals surface area contributed by atoms with E-state index in [1.54, 1.807) is 0 Å². The number of aryl methyl sites for hydroxylation is 1. The van der Waals surface area contributed by atoms with Crippen molar-refractivity contribution in [1.29, 1.82) is 0 Å². The molecule has 6 heteroatoms. The zero-order valence-corrected chi connectivity index (χ0v) is 18.2. The van der Waals surface area contributed by atoms with Crippen LogP contribution in [0.15, 0.2) is 53.9 Å². The van der Waals surface area contributed by atoms with Gasteiger partial charge in [-0.3, -0.25) is 9.69 Å². The molecule has 3 aromatic rings. The van der Waals surface area contributed by atoms with Gasteiger partial charge in [-0.1, -0.05) is 42.5 Å². The van der Waals surface area contributed by atoms with Gasteiger partial charge in [0.1, 0.15) is 5.69 Å². The van der Waals surface area contributed by atoms with Crippen LogP contribution in [0.4, 0.5) is 5.69 Å². The predicted octanol–water partition coefficient (Wildman–Crippen LogP) is 4.84. The van der Waals surface area contributed by atoms with Gasteiger partial charge in [0.05, 0.1) is 5.01 Å². The summed E-state index contributed by atoms with van der Waals surface area (Å²) >= 11 is 3.55. The fourth-order valence-electron chi connectivity index (χ4n) is 3.37. The molecule has 1 fully saturated rings. The van der Waals surface area contributed by atoms with Crippen LogP contribution in [0, 0.1) is 6.92 Å². The molecule has 2 aromatic carbocycles. The maximum Gasteiger partial charge on any atom is 0.275 e. The Morgan fingerprint density at radius 2 is 1.90 bits per heavy atom. The van der Waals surface area contributed by atoms with Crippen LogP contribution in [0.3, 0.4) is 0 Å². The van der Waals surface area contributed by atoms with Gasteiger partial charge < -0.3 is 5.32 Å². The van der Waals surface area contributed by atoms with Gasteiger partial charge in [-0.25, -0.2) is 4.98 Å². The third-order valence-corrected chi connectivity index (χ3v) is 6.83. The Balaban J connectivity index is 1.42. The Labute approximate surface area is 180 Å². The van der Waals surface area contributed by atoms with Gasteiger partial charge in [0.25, 0.3) is 5.91 Å². The molecule has 1 aliphatic heterocycles. The minimum absolute atomic E-state index is 0.143. The van der Waals surface area contributed by atoms with E-state index >= 15 is 0 Å². The normalized spacial score (nSPS) is 14.7. The number of hydrogen-bond acceptors (Lipinski definition) is 5. The molecule has 4 nitrogen and oxygen atoms in total. The Bertz CT molecular complexity index is 965. The molecule has 1 N–H and O–H groups in total. The van der Waals surface area contributed by atoms with Crippen molar-refractivity contribution in [3.05, 3.63) is 81.3 Å². The molecule has 150 valence electrons. The Morgan fingerprint density at radius 3 is 2.69 bits per heavy atom. The van der Waals surface area contributed by atoms with Gasteiger partial charge in [0, 0.05) is 48.6 Å².